The Bertz CT molecular complexity index is 2590. The molecule has 1 heterocycles. The minimum atomic E-state index is -1.51. The maximum Gasteiger partial charge on any atom is 0.254 e. The summed E-state index contributed by atoms with van der Waals surface area (Å²) in [5, 5.41) is 46.5. The molecule has 354 valence electrons. The molecule has 8 rings (SSSR count). The van der Waals surface area contributed by atoms with Gasteiger partial charge in [-0.15, -0.1) is 6.58 Å². The summed E-state index contributed by atoms with van der Waals surface area (Å²) in [7, 11) is 0. The first-order chi connectivity index (χ1) is 33.4. The Morgan fingerprint density at radius 1 is 0.853 bits per heavy atom. The molecule has 68 heavy (non-hydrogen) atoms. The van der Waals surface area contributed by atoms with E-state index in [0.717, 1.165) is 53.2 Å². The van der Waals surface area contributed by atoms with Gasteiger partial charge < -0.3 is 44.0 Å². The van der Waals surface area contributed by atoms with Gasteiger partial charge in [0.15, 0.2) is 0 Å². The van der Waals surface area contributed by atoms with Crippen LogP contribution in [0.1, 0.15) is 77.9 Å². The number of allylic oxidation sites excluding steroid dienone is 1. The lowest BCUT2D eigenvalue weighted by Gasteiger charge is -2.60. The Morgan fingerprint density at radius 2 is 1.59 bits per heavy atom. The van der Waals surface area contributed by atoms with Gasteiger partial charge >= 0.3 is 0 Å². The Labute approximate surface area is 398 Å². The van der Waals surface area contributed by atoms with Gasteiger partial charge in [-0.25, -0.2) is 0 Å². The average molecular weight is 920 g/mol. The number of nitriles is 1. The highest BCUT2D eigenvalue weighted by molar-refractivity contribution is 6.03. The van der Waals surface area contributed by atoms with Crippen molar-refractivity contribution in [3.05, 3.63) is 162 Å². The highest BCUT2D eigenvalue weighted by atomic mass is 16.7. The Balaban J connectivity index is 1.33. The molecule has 5 aromatic rings. The second-order valence-corrected chi connectivity index (χ2v) is 17.7. The molecule has 3 N–H and O–H groups in total. The Morgan fingerprint density at radius 3 is 2.34 bits per heavy atom. The molecule has 5 aromatic carbocycles. The lowest BCUT2D eigenvalue weighted by Crippen LogP contribution is -2.70. The number of carbonyl (C=O) groups excluding carboxylic acids is 1. The van der Waals surface area contributed by atoms with Crippen LogP contribution in [0.4, 0.5) is 0 Å². The van der Waals surface area contributed by atoms with Crippen LogP contribution in [0.2, 0.25) is 0 Å². The smallest absolute Gasteiger partial charge is 0.254 e. The molecule has 12 heteroatoms. The summed E-state index contributed by atoms with van der Waals surface area (Å²) in [4.78, 5) is 23.2. The van der Waals surface area contributed by atoms with Crippen molar-refractivity contribution in [2.24, 2.45) is 22.9 Å². The van der Waals surface area contributed by atoms with E-state index in [4.69, 9.17) is 28.9 Å². The molecular formula is C56H61N3O9. The van der Waals surface area contributed by atoms with E-state index in [1.165, 1.54) is 0 Å². The number of carbonyl (C=O) groups is 1. The van der Waals surface area contributed by atoms with Crippen LogP contribution in [0.3, 0.4) is 0 Å². The maximum atomic E-state index is 15.2. The quantitative estimate of drug-likeness (QED) is 0.0327. The van der Waals surface area contributed by atoms with Crippen molar-refractivity contribution in [1.82, 2.24) is 4.90 Å². The molecule has 0 saturated heterocycles. The van der Waals surface area contributed by atoms with Crippen LogP contribution in [0.5, 0.6) is 17.2 Å². The molecule has 1 aliphatic heterocycles. The largest absolute Gasteiger partial charge is 0.459 e. The summed E-state index contributed by atoms with van der Waals surface area (Å²) >= 11 is 0. The van der Waals surface area contributed by atoms with Crippen molar-refractivity contribution < 1.29 is 43.9 Å². The lowest BCUT2D eigenvalue weighted by atomic mass is 9.55. The number of fused-ring (bicyclic) bond motifs is 3. The van der Waals surface area contributed by atoms with Crippen molar-refractivity contribution >= 4 is 22.4 Å². The van der Waals surface area contributed by atoms with Crippen molar-refractivity contribution in [2.75, 3.05) is 46.2 Å². The van der Waals surface area contributed by atoms with Gasteiger partial charge in [-0.3, -0.25) is 4.79 Å². The van der Waals surface area contributed by atoms with Crippen LogP contribution < -0.4 is 9.47 Å². The first-order valence-corrected chi connectivity index (χ1v) is 23.8. The van der Waals surface area contributed by atoms with Crippen LogP contribution in [-0.4, -0.2) is 89.9 Å². The topological polar surface area (TPSA) is 163 Å². The average Bonchev–Trinajstić information content (AvgIpc) is 3.37. The summed E-state index contributed by atoms with van der Waals surface area (Å²) in [6.45, 7) is 4.63. The summed E-state index contributed by atoms with van der Waals surface area (Å²) in [5.74, 6) is -0.712. The fraction of sp³-hybridized carbons (Fsp3) is 0.375. The van der Waals surface area contributed by atoms with Gasteiger partial charge in [-0.1, -0.05) is 90.8 Å². The number of unbranched alkanes of at least 4 members (excludes halogenated alkanes) is 2. The number of aliphatic hydroxyl groups excluding tert-OH is 3. The zero-order valence-electron chi connectivity index (χ0n) is 38.5. The standard InChI is InChI=1S/C56H61N3O9/c1-2-30-65-56-52(59(26-31-64-32-29-62)55(63)42-20-18-39(37-57)19-21-42)36-50(58-66-38-40-12-4-3-5-13-40)48-34-44(16-8-10-27-60)47(17-9-11-28-61)53(54(48)56)49-35-46(24-25-51(49)68-56)67-45-23-22-41-14-6-7-15-43(41)33-45/h2-7,12-15,18-25,33-35,44,47,52-54,60-62H,1,8-11,16-17,26-32,36,38H2. The molecule has 1 saturated carbocycles. The monoisotopic (exact) mass is 919 g/mol. The second kappa shape index (κ2) is 23.1. The Hall–Kier alpha value is -6.33. The molecule has 2 aliphatic carbocycles. The molecule has 1 fully saturated rings. The summed E-state index contributed by atoms with van der Waals surface area (Å²) in [6.07, 6.45) is 8.60. The molecule has 0 aromatic heterocycles. The number of hydrogen-bond acceptors (Lipinski definition) is 11. The zero-order chi connectivity index (χ0) is 47.3. The van der Waals surface area contributed by atoms with Crippen LogP contribution in [-0.2, 0) is 20.9 Å². The van der Waals surface area contributed by atoms with E-state index >= 15 is 4.79 Å². The van der Waals surface area contributed by atoms with E-state index in [2.05, 4.69) is 36.9 Å². The third-order valence-electron chi connectivity index (χ3n) is 13.5. The van der Waals surface area contributed by atoms with E-state index in [-0.39, 0.29) is 82.9 Å². The van der Waals surface area contributed by atoms with E-state index in [0.29, 0.717) is 46.9 Å². The van der Waals surface area contributed by atoms with Crippen LogP contribution in [0.15, 0.2) is 145 Å². The minimum Gasteiger partial charge on any atom is -0.459 e. The number of aliphatic hydroxyl groups is 3. The molecule has 1 amide bonds. The van der Waals surface area contributed by atoms with Gasteiger partial charge in [0.1, 0.15) is 29.9 Å². The second-order valence-electron chi connectivity index (χ2n) is 17.7. The number of nitrogens with zero attached hydrogens (tertiary/aromatic N) is 3. The van der Waals surface area contributed by atoms with E-state index < -0.39 is 17.7 Å². The van der Waals surface area contributed by atoms with Gasteiger partial charge in [-0.05, 0) is 114 Å². The third-order valence-corrected chi connectivity index (χ3v) is 13.5. The highest BCUT2D eigenvalue weighted by Crippen LogP contribution is 2.62. The molecular weight excluding hydrogens is 859 g/mol. The molecule has 12 nitrogen and oxygen atoms in total. The van der Waals surface area contributed by atoms with Crippen LogP contribution in [0, 0.1) is 29.1 Å². The number of ether oxygens (including phenoxy) is 4. The van der Waals surface area contributed by atoms with Crippen LogP contribution >= 0.6 is 0 Å². The third kappa shape index (κ3) is 10.7. The van der Waals surface area contributed by atoms with Gasteiger partial charge in [0.2, 0.25) is 5.79 Å². The summed E-state index contributed by atoms with van der Waals surface area (Å²) in [6, 6.07) is 37.8. The molecule has 0 bridgehead atoms. The van der Waals surface area contributed by atoms with Crippen LogP contribution in [0.25, 0.3) is 10.8 Å². The predicted octanol–water partition coefficient (Wildman–Crippen LogP) is 9.49. The van der Waals surface area contributed by atoms with Crippen molar-refractivity contribution in [3.8, 4) is 23.3 Å². The maximum absolute atomic E-state index is 15.2. The number of benzene rings is 5. The zero-order valence-corrected chi connectivity index (χ0v) is 38.5. The van der Waals surface area contributed by atoms with Crippen molar-refractivity contribution in [3.63, 3.8) is 0 Å². The first kappa shape index (κ1) is 48.1. The van der Waals surface area contributed by atoms with Gasteiger partial charge in [0, 0.05) is 43.2 Å². The van der Waals surface area contributed by atoms with E-state index in [9.17, 15) is 20.6 Å². The van der Waals surface area contributed by atoms with Crippen molar-refractivity contribution in [1.29, 1.82) is 5.26 Å². The highest BCUT2D eigenvalue weighted by Gasteiger charge is 2.65. The number of amides is 1. The number of hydrogen-bond donors (Lipinski definition) is 3. The molecule has 3 aliphatic rings. The van der Waals surface area contributed by atoms with E-state index in [1.54, 1.807) is 35.2 Å². The lowest BCUT2D eigenvalue weighted by molar-refractivity contribution is -0.254. The van der Waals surface area contributed by atoms with Crippen molar-refractivity contribution in [2.45, 2.75) is 69.3 Å². The van der Waals surface area contributed by atoms with Gasteiger partial charge in [0.05, 0.1) is 49.7 Å². The molecule has 6 atom stereocenters. The molecule has 6 unspecified atom stereocenters. The van der Waals surface area contributed by atoms with E-state index in [1.807, 2.05) is 72.8 Å². The predicted molar refractivity (Wildman–Crippen MR) is 260 cm³/mol. The molecule has 0 radical (unpaired) electrons. The minimum absolute atomic E-state index is 0.0000649. The fourth-order valence-electron chi connectivity index (χ4n) is 10.4. The summed E-state index contributed by atoms with van der Waals surface area (Å²) in [5.41, 5.74) is 4.22. The normalized spacial score (nSPS) is 22.0. The van der Waals surface area contributed by atoms with Gasteiger partial charge in [-0.2, -0.15) is 5.26 Å². The molecule has 0 spiro atoms. The number of oxime groups is 1. The fourth-order valence-corrected chi connectivity index (χ4v) is 10.4. The first-order valence-electron chi connectivity index (χ1n) is 23.8. The summed E-state index contributed by atoms with van der Waals surface area (Å²) < 4.78 is 27.1. The SMILES string of the molecule is C=CCOC12Oc3ccc(Oc4ccc5ccccc5c4)cc3C3C(CCCCO)C(CCCCO)C=C(C(=NOCc4ccccc4)CC1N(CCOCCO)C(=O)c1ccc(C#N)cc1)C32. The van der Waals surface area contributed by atoms with Gasteiger partial charge in [0.25, 0.3) is 5.91 Å². The number of rotatable bonds is 23. The Kier molecular flexibility index (Phi) is 16.4.